The smallest absolute Gasteiger partial charge is 0.261 e. The van der Waals surface area contributed by atoms with Crippen molar-refractivity contribution in [1.82, 2.24) is 5.32 Å². The summed E-state index contributed by atoms with van der Waals surface area (Å²) in [6.45, 7) is 2.00. The van der Waals surface area contributed by atoms with Crippen molar-refractivity contribution in [3.05, 3.63) is 34.0 Å². The lowest BCUT2D eigenvalue weighted by molar-refractivity contribution is 0.0943. The molecule has 1 aromatic heterocycles. The number of rotatable bonds is 2. The van der Waals surface area contributed by atoms with Crippen LogP contribution in [0.15, 0.2) is 23.6 Å². The highest BCUT2D eigenvalue weighted by Crippen LogP contribution is 2.15. The van der Waals surface area contributed by atoms with Gasteiger partial charge < -0.3 is 5.32 Å². The number of nitrogens with one attached hydrogen (secondary N) is 1. The summed E-state index contributed by atoms with van der Waals surface area (Å²) in [4.78, 5) is 12.5. The van der Waals surface area contributed by atoms with Gasteiger partial charge in [0.2, 0.25) is 0 Å². The lowest BCUT2D eigenvalue weighted by Crippen LogP contribution is -2.32. The fraction of sp³-hybridized carbons (Fsp3) is 0.364. The molecule has 2 rings (SSSR count). The molecule has 0 atom stereocenters. The third-order valence-corrected chi connectivity index (χ3v) is 3.34. The topological polar surface area (TPSA) is 29.1 Å². The number of hydrogen-bond donors (Lipinski definition) is 1. The number of carbonyl (C=O) groups is 1. The molecule has 0 aromatic carbocycles. The van der Waals surface area contributed by atoms with Gasteiger partial charge in [-0.25, -0.2) is 0 Å². The first-order chi connectivity index (χ1) is 6.75. The molecular formula is C11H13NOS. The number of amides is 1. The maximum Gasteiger partial charge on any atom is 0.261 e. The number of hydrogen-bond acceptors (Lipinski definition) is 2. The normalized spacial score (nSPS) is 16.1. The van der Waals surface area contributed by atoms with E-state index in [1.807, 2.05) is 18.4 Å². The van der Waals surface area contributed by atoms with Gasteiger partial charge in [-0.15, -0.1) is 11.3 Å². The fourth-order valence-corrected chi connectivity index (χ4v) is 2.34. The molecule has 1 aliphatic carbocycles. The van der Waals surface area contributed by atoms with Crippen LogP contribution in [0.5, 0.6) is 0 Å². The molecule has 14 heavy (non-hydrogen) atoms. The molecule has 74 valence electrons. The first-order valence-electron chi connectivity index (χ1n) is 4.76. The van der Waals surface area contributed by atoms with Crippen LogP contribution >= 0.6 is 11.3 Å². The van der Waals surface area contributed by atoms with E-state index in [0.717, 1.165) is 23.3 Å². The molecule has 3 heteroatoms. The number of carbonyl (C=O) groups excluding carboxylic acids is 1. The summed E-state index contributed by atoms with van der Waals surface area (Å²) in [5.74, 6) is 0.0665. The lowest BCUT2D eigenvalue weighted by atomic mass is 10.2. The molecule has 0 saturated heterocycles. The standard InChI is InChI=1S/C11H13NOS/c1-8-6-10(14-7-8)11(13)12-9-4-2-3-5-9/h2-3,6-7,9H,4-5H2,1H3,(H,12,13). The van der Waals surface area contributed by atoms with E-state index in [0.29, 0.717) is 6.04 Å². The van der Waals surface area contributed by atoms with E-state index < -0.39 is 0 Å². The highest BCUT2D eigenvalue weighted by atomic mass is 32.1. The highest BCUT2D eigenvalue weighted by Gasteiger charge is 2.15. The monoisotopic (exact) mass is 207 g/mol. The van der Waals surface area contributed by atoms with E-state index in [4.69, 9.17) is 0 Å². The molecule has 1 heterocycles. The van der Waals surface area contributed by atoms with E-state index in [9.17, 15) is 4.79 Å². The zero-order chi connectivity index (χ0) is 9.97. The lowest BCUT2D eigenvalue weighted by Gasteiger charge is -2.10. The van der Waals surface area contributed by atoms with E-state index in [1.165, 1.54) is 11.3 Å². The molecular weight excluding hydrogens is 194 g/mol. The molecule has 1 aromatic rings. The Balaban J connectivity index is 1.95. The van der Waals surface area contributed by atoms with Crippen molar-refractivity contribution in [2.24, 2.45) is 0 Å². The second kappa shape index (κ2) is 3.96. The van der Waals surface area contributed by atoms with Crippen LogP contribution in [-0.4, -0.2) is 11.9 Å². The Kier molecular flexibility index (Phi) is 2.68. The van der Waals surface area contributed by atoms with Gasteiger partial charge in [-0.05, 0) is 36.8 Å². The molecule has 2 nitrogen and oxygen atoms in total. The Morgan fingerprint density at radius 1 is 1.50 bits per heavy atom. The van der Waals surface area contributed by atoms with Crippen molar-refractivity contribution in [2.75, 3.05) is 0 Å². The van der Waals surface area contributed by atoms with Crippen molar-refractivity contribution in [2.45, 2.75) is 25.8 Å². The van der Waals surface area contributed by atoms with Crippen LogP contribution in [-0.2, 0) is 0 Å². The Morgan fingerprint density at radius 2 is 2.21 bits per heavy atom. The molecule has 0 saturated carbocycles. The molecule has 0 spiro atoms. The van der Waals surface area contributed by atoms with Gasteiger partial charge in [-0.2, -0.15) is 0 Å². The minimum Gasteiger partial charge on any atom is -0.348 e. The minimum atomic E-state index is 0.0665. The van der Waals surface area contributed by atoms with Gasteiger partial charge in [-0.1, -0.05) is 12.2 Å². The van der Waals surface area contributed by atoms with Crippen LogP contribution in [0.1, 0.15) is 28.1 Å². The van der Waals surface area contributed by atoms with E-state index in [-0.39, 0.29) is 5.91 Å². The average molecular weight is 207 g/mol. The van der Waals surface area contributed by atoms with E-state index >= 15 is 0 Å². The summed E-state index contributed by atoms with van der Waals surface area (Å²) in [6.07, 6.45) is 6.17. The summed E-state index contributed by atoms with van der Waals surface area (Å²) in [5.41, 5.74) is 1.16. The van der Waals surface area contributed by atoms with Crippen molar-refractivity contribution in [1.29, 1.82) is 0 Å². The van der Waals surface area contributed by atoms with Crippen molar-refractivity contribution in [3.63, 3.8) is 0 Å². The SMILES string of the molecule is Cc1csc(C(=O)NC2CC=CC2)c1. The number of thiophene rings is 1. The Labute approximate surface area is 87.6 Å². The second-order valence-corrected chi connectivity index (χ2v) is 4.51. The summed E-state index contributed by atoms with van der Waals surface area (Å²) in [5, 5.41) is 5.02. The van der Waals surface area contributed by atoms with Crippen LogP contribution in [0.3, 0.4) is 0 Å². The van der Waals surface area contributed by atoms with Gasteiger partial charge in [-0.3, -0.25) is 4.79 Å². The summed E-state index contributed by atoms with van der Waals surface area (Å²) in [6, 6.07) is 2.24. The zero-order valence-electron chi connectivity index (χ0n) is 8.12. The minimum absolute atomic E-state index is 0.0665. The van der Waals surface area contributed by atoms with Gasteiger partial charge in [0.25, 0.3) is 5.91 Å². The molecule has 0 radical (unpaired) electrons. The van der Waals surface area contributed by atoms with Crippen LogP contribution in [0, 0.1) is 6.92 Å². The Morgan fingerprint density at radius 3 is 2.79 bits per heavy atom. The highest BCUT2D eigenvalue weighted by molar-refractivity contribution is 7.12. The third kappa shape index (κ3) is 2.04. The van der Waals surface area contributed by atoms with Crippen LogP contribution in [0.25, 0.3) is 0 Å². The van der Waals surface area contributed by atoms with E-state index in [2.05, 4.69) is 17.5 Å². The van der Waals surface area contributed by atoms with Crippen LogP contribution in [0.2, 0.25) is 0 Å². The van der Waals surface area contributed by atoms with Crippen molar-refractivity contribution >= 4 is 17.2 Å². The Bertz CT molecular complexity index is 359. The molecule has 1 amide bonds. The first kappa shape index (κ1) is 9.46. The summed E-state index contributed by atoms with van der Waals surface area (Å²) < 4.78 is 0. The first-order valence-corrected chi connectivity index (χ1v) is 5.64. The zero-order valence-corrected chi connectivity index (χ0v) is 8.93. The second-order valence-electron chi connectivity index (χ2n) is 3.60. The van der Waals surface area contributed by atoms with Gasteiger partial charge in [0, 0.05) is 6.04 Å². The predicted molar refractivity (Wildman–Crippen MR) is 58.7 cm³/mol. The van der Waals surface area contributed by atoms with Crippen molar-refractivity contribution < 1.29 is 4.79 Å². The van der Waals surface area contributed by atoms with Crippen molar-refractivity contribution in [3.8, 4) is 0 Å². The quantitative estimate of drug-likeness (QED) is 0.742. The predicted octanol–water partition coefficient (Wildman–Crippen LogP) is 2.50. The van der Waals surface area contributed by atoms with Gasteiger partial charge in [0.05, 0.1) is 4.88 Å². The Hall–Kier alpha value is -1.09. The van der Waals surface area contributed by atoms with Crippen LogP contribution in [0.4, 0.5) is 0 Å². The largest absolute Gasteiger partial charge is 0.348 e. The third-order valence-electron chi connectivity index (χ3n) is 2.30. The van der Waals surface area contributed by atoms with Gasteiger partial charge >= 0.3 is 0 Å². The molecule has 0 bridgehead atoms. The summed E-state index contributed by atoms with van der Waals surface area (Å²) >= 11 is 1.51. The fourth-order valence-electron chi connectivity index (χ4n) is 1.54. The molecule has 1 N–H and O–H groups in total. The maximum absolute atomic E-state index is 11.7. The van der Waals surface area contributed by atoms with Gasteiger partial charge in [0.15, 0.2) is 0 Å². The summed E-state index contributed by atoms with van der Waals surface area (Å²) in [7, 11) is 0. The van der Waals surface area contributed by atoms with E-state index in [1.54, 1.807) is 0 Å². The maximum atomic E-state index is 11.7. The van der Waals surface area contributed by atoms with Crippen LogP contribution < -0.4 is 5.32 Å². The van der Waals surface area contributed by atoms with Gasteiger partial charge in [0.1, 0.15) is 0 Å². The molecule has 0 unspecified atom stereocenters. The number of aryl methyl sites for hydroxylation is 1. The molecule has 1 aliphatic rings. The molecule has 0 aliphatic heterocycles. The average Bonchev–Trinajstić information content (AvgIpc) is 2.75. The molecule has 0 fully saturated rings.